The molecule has 0 atom stereocenters. The van der Waals surface area contributed by atoms with Crippen molar-refractivity contribution in [3.05, 3.63) is 60.7 Å². The average molecular weight is 403 g/mol. The van der Waals surface area contributed by atoms with Crippen molar-refractivity contribution in [2.45, 2.75) is 31.4 Å². The van der Waals surface area contributed by atoms with Crippen LogP contribution in [0.25, 0.3) is 0 Å². The number of rotatable bonds is 2. The monoisotopic (exact) mass is 402 g/mol. The van der Waals surface area contributed by atoms with Crippen LogP contribution in [0.1, 0.15) is 19.3 Å². The summed E-state index contributed by atoms with van der Waals surface area (Å²) >= 11 is 0. The number of piperidine rings is 1. The van der Waals surface area contributed by atoms with Gasteiger partial charge in [-0.25, -0.2) is 0 Å². The number of hydrogen-bond donors (Lipinski definition) is 0. The number of halogens is 1. The molecule has 2 aromatic carbocycles. The second kappa shape index (κ2) is 7.55. The molecule has 0 unspecified atom stereocenters. The van der Waals surface area contributed by atoms with E-state index >= 15 is 0 Å². The lowest BCUT2D eigenvalue weighted by Gasteiger charge is -2.49. The van der Waals surface area contributed by atoms with Gasteiger partial charge in [-0.3, -0.25) is 0 Å². The van der Waals surface area contributed by atoms with Gasteiger partial charge >= 0.3 is 0 Å². The third-order valence-electron chi connectivity index (χ3n) is 6.44. The molecule has 2 aromatic rings. The van der Waals surface area contributed by atoms with Crippen LogP contribution in [-0.4, -0.2) is 38.7 Å². The molecule has 0 N–H and O–H groups in total. The molecule has 4 rings (SSSR count). The van der Waals surface area contributed by atoms with Crippen molar-refractivity contribution < 1.29 is 4.48 Å². The van der Waals surface area contributed by atoms with E-state index in [1.807, 2.05) is 0 Å². The Labute approximate surface area is 158 Å². The van der Waals surface area contributed by atoms with Gasteiger partial charge in [0.2, 0.25) is 0 Å². The fourth-order valence-corrected chi connectivity index (χ4v) is 10.1. The van der Waals surface area contributed by atoms with Crippen molar-refractivity contribution >= 4 is 35.4 Å². The summed E-state index contributed by atoms with van der Waals surface area (Å²) in [5.41, 5.74) is 0. The zero-order valence-corrected chi connectivity index (χ0v) is 17.2. The first kappa shape index (κ1) is 17.9. The topological polar surface area (TPSA) is 0 Å². The highest BCUT2D eigenvalue weighted by molar-refractivity contribution is 8.93. The SMILES string of the molecule is Br.c1ccc([Si]2(c3ccccc3)CC[N+]3(CCCCC3)CC2)cc1. The Kier molecular flexibility index (Phi) is 5.63. The van der Waals surface area contributed by atoms with Crippen LogP contribution in [0.3, 0.4) is 0 Å². The Balaban J connectivity index is 0.00000169. The van der Waals surface area contributed by atoms with E-state index in [1.165, 1.54) is 62.0 Å². The fraction of sp³-hybridized carbons (Fsp3) is 0.429. The van der Waals surface area contributed by atoms with E-state index in [0.717, 1.165) is 0 Å². The van der Waals surface area contributed by atoms with Crippen LogP contribution in [0.4, 0.5) is 0 Å². The minimum Gasteiger partial charge on any atom is -0.324 e. The molecular weight excluding hydrogens is 374 g/mol. The lowest BCUT2D eigenvalue weighted by atomic mass is 10.1. The molecule has 2 aliphatic rings. The van der Waals surface area contributed by atoms with Crippen LogP contribution < -0.4 is 10.4 Å². The minimum absolute atomic E-state index is 0. The maximum Gasteiger partial charge on any atom is 0.129 e. The smallest absolute Gasteiger partial charge is 0.129 e. The van der Waals surface area contributed by atoms with E-state index in [-0.39, 0.29) is 17.0 Å². The molecule has 0 saturated carbocycles. The molecule has 2 saturated heterocycles. The Bertz CT molecular complexity index is 586. The van der Waals surface area contributed by atoms with Crippen LogP contribution in [0.5, 0.6) is 0 Å². The quantitative estimate of drug-likeness (QED) is 0.528. The summed E-state index contributed by atoms with van der Waals surface area (Å²) in [5, 5.41) is 3.31. The largest absolute Gasteiger partial charge is 0.324 e. The van der Waals surface area contributed by atoms with Crippen LogP contribution in [-0.2, 0) is 0 Å². The van der Waals surface area contributed by atoms with E-state index in [2.05, 4.69) is 60.7 Å². The predicted octanol–water partition coefficient (Wildman–Crippen LogP) is 3.84. The van der Waals surface area contributed by atoms with Gasteiger partial charge in [0.15, 0.2) is 0 Å². The Morgan fingerprint density at radius 3 is 1.50 bits per heavy atom. The fourth-order valence-electron chi connectivity index (χ4n) is 4.98. The first-order valence-corrected chi connectivity index (χ1v) is 11.7. The van der Waals surface area contributed by atoms with Gasteiger partial charge in [-0.2, -0.15) is 0 Å². The summed E-state index contributed by atoms with van der Waals surface area (Å²) in [6.45, 7) is 5.70. The molecular formula is C21H29BrNSi+. The van der Waals surface area contributed by atoms with Gasteiger partial charge in [-0.05, 0) is 19.3 Å². The van der Waals surface area contributed by atoms with E-state index in [4.69, 9.17) is 0 Å². The highest BCUT2D eigenvalue weighted by atomic mass is 79.9. The molecule has 2 fully saturated rings. The van der Waals surface area contributed by atoms with Gasteiger partial charge in [-0.15, -0.1) is 17.0 Å². The van der Waals surface area contributed by atoms with E-state index in [1.54, 1.807) is 10.4 Å². The summed E-state index contributed by atoms with van der Waals surface area (Å²) in [6, 6.07) is 25.8. The van der Waals surface area contributed by atoms with Gasteiger partial charge in [0.05, 0.1) is 26.2 Å². The Hall–Kier alpha value is -0.903. The van der Waals surface area contributed by atoms with Crippen molar-refractivity contribution in [1.29, 1.82) is 0 Å². The third-order valence-corrected chi connectivity index (χ3v) is 11.5. The molecule has 0 aromatic heterocycles. The summed E-state index contributed by atoms with van der Waals surface area (Å²) < 4.78 is 1.43. The second-order valence-corrected chi connectivity index (χ2v) is 11.9. The lowest BCUT2D eigenvalue weighted by Crippen LogP contribution is -2.68. The first-order chi connectivity index (χ1) is 11.3. The Morgan fingerprint density at radius 1 is 0.583 bits per heavy atom. The standard InChI is InChI=1S/C21H28NSi.BrH/c1-4-10-20(11-5-1)23(21-12-6-2-7-13-21)18-16-22(17-19-23)14-8-3-9-15-22;/h1-2,4-7,10-13H,3,8-9,14-19H2;1H/q+1;. The maximum atomic E-state index is 2.41. The van der Waals surface area contributed by atoms with Crippen LogP contribution in [0.2, 0.25) is 12.1 Å². The molecule has 0 amide bonds. The Morgan fingerprint density at radius 2 is 1.04 bits per heavy atom. The van der Waals surface area contributed by atoms with Crippen LogP contribution >= 0.6 is 17.0 Å². The summed E-state index contributed by atoms with van der Waals surface area (Å²) in [7, 11) is -1.56. The molecule has 128 valence electrons. The molecule has 1 nitrogen and oxygen atoms in total. The lowest BCUT2D eigenvalue weighted by molar-refractivity contribution is -0.930. The number of benzene rings is 2. The average Bonchev–Trinajstić information content (AvgIpc) is 2.65. The van der Waals surface area contributed by atoms with Gasteiger partial charge in [0, 0.05) is 12.1 Å². The number of hydrogen-bond acceptors (Lipinski definition) is 0. The summed E-state index contributed by atoms with van der Waals surface area (Å²) in [5.74, 6) is 0. The third kappa shape index (κ3) is 3.26. The minimum atomic E-state index is -1.56. The number of quaternary nitrogens is 1. The zero-order valence-electron chi connectivity index (χ0n) is 14.5. The molecule has 24 heavy (non-hydrogen) atoms. The zero-order chi connectivity index (χ0) is 15.6. The maximum absolute atomic E-state index is 2.41. The van der Waals surface area contributed by atoms with E-state index in [0.29, 0.717) is 0 Å². The van der Waals surface area contributed by atoms with Crippen molar-refractivity contribution in [2.75, 3.05) is 26.2 Å². The van der Waals surface area contributed by atoms with Gasteiger partial charge in [0.1, 0.15) is 8.07 Å². The highest BCUT2D eigenvalue weighted by Crippen LogP contribution is 2.31. The first-order valence-electron chi connectivity index (χ1n) is 9.29. The van der Waals surface area contributed by atoms with Crippen molar-refractivity contribution in [2.24, 2.45) is 0 Å². The van der Waals surface area contributed by atoms with Crippen molar-refractivity contribution in [3.63, 3.8) is 0 Å². The second-order valence-electron chi connectivity index (χ2n) is 7.61. The van der Waals surface area contributed by atoms with E-state index in [9.17, 15) is 0 Å². The summed E-state index contributed by atoms with van der Waals surface area (Å²) in [6.07, 6.45) is 4.36. The highest BCUT2D eigenvalue weighted by Gasteiger charge is 2.46. The van der Waals surface area contributed by atoms with Gasteiger partial charge in [-0.1, -0.05) is 71.0 Å². The van der Waals surface area contributed by atoms with Crippen molar-refractivity contribution in [1.82, 2.24) is 0 Å². The summed E-state index contributed by atoms with van der Waals surface area (Å²) in [4.78, 5) is 0. The van der Waals surface area contributed by atoms with Gasteiger partial charge < -0.3 is 4.48 Å². The van der Waals surface area contributed by atoms with Crippen LogP contribution in [0.15, 0.2) is 60.7 Å². The van der Waals surface area contributed by atoms with E-state index < -0.39 is 8.07 Å². The predicted molar refractivity (Wildman–Crippen MR) is 111 cm³/mol. The molecule has 0 radical (unpaired) electrons. The molecule has 0 bridgehead atoms. The van der Waals surface area contributed by atoms with Crippen LogP contribution in [0, 0.1) is 0 Å². The number of nitrogens with zero attached hydrogens (tertiary/aromatic N) is 1. The molecule has 0 aliphatic carbocycles. The molecule has 3 heteroatoms. The normalized spacial score (nSPS) is 21.8. The van der Waals surface area contributed by atoms with Gasteiger partial charge in [0.25, 0.3) is 0 Å². The van der Waals surface area contributed by atoms with Crippen molar-refractivity contribution in [3.8, 4) is 0 Å². The molecule has 1 spiro atoms. The molecule has 2 aliphatic heterocycles. The molecule has 2 heterocycles.